The minimum Gasteiger partial charge on any atom is -0.294 e. The van der Waals surface area contributed by atoms with Gasteiger partial charge >= 0.3 is 0 Å². The molecule has 2 rings (SSSR count). The molecule has 7 nitrogen and oxygen atoms in total. The van der Waals surface area contributed by atoms with E-state index in [1.807, 2.05) is 4.68 Å². The Hall–Kier alpha value is -1.15. The first-order valence-electron chi connectivity index (χ1n) is 6.64. The van der Waals surface area contributed by atoms with E-state index in [1.165, 1.54) is 12.8 Å². The second-order valence-electron chi connectivity index (χ2n) is 4.88. The zero-order valence-corrected chi connectivity index (χ0v) is 11.9. The van der Waals surface area contributed by atoms with Crippen LogP contribution in [0.25, 0.3) is 0 Å². The summed E-state index contributed by atoms with van der Waals surface area (Å²) in [6, 6.07) is 0.442. The maximum atomic E-state index is 11.1. The van der Waals surface area contributed by atoms with Gasteiger partial charge in [0.1, 0.15) is 0 Å². The van der Waals surface area contributed by atoms with Crippen molar-refractivity contribution in [2.45, 2.75) is 61.9 Å². The number of hydrogen-bond acceptors (Lipinski definition) is 6. The van der Waals surface area contributed by atoms with Crippen LogP contribution in [0, 0.1) is 0 Å². The standard InChI is InChI=1S/C11H20N6OS/c1-8(6-7-10(18)13-12)19-11-14-15-16-17(11)9-4-2-3-5-9/h8-9H,2-7,12H2,1H3,(H,13,18). The quantitative estimate of drug-likeness (QED) is 0.350. The van der Waals surface area contributed by atoms with Crippen molar-refractivity contribution in [1.82, 2.24) is 25.6 Å². The number of nitrogens with two attached hydrogens (primary N) is 1. The molecular weight excluding hydrogens is 264 g/mol. The Balaban J connectivity index is 1.88. The minimum absolute atomic E-state index is 0.136. The lowest BCUT2D eigenvalue weighted by Crippen LogP contribution is -2.30. The van der Waals surface area contributed by atoms with Gasteiger partial charge in [0, 0.05) is 11.7 Å². The van der Waals surface area contributed by atoms with E-state index in [0.29, 0.717) is 12.5 Å². The Labute approximate surface area is 116 Å². The molecular formula is C11H20N6OS. The molecule has 0 aromatic carbocycles. The molecule has 0 saturated heterocycles. The molecule has 1 aromatic rings. The van der Waals surface area contributed by atoms with Crippen LogP contribution in [0.5, 0.6) is 0 Å². The molecule has 0 spiro atoms. The largest absolute Gasteiger partial charge is 0.294 e. The van der Waals surface area contributed by atoms with Crippen molar-refractivity contribution in [2.75, 3.05) is 0 Å². The summed E-state index contributed by atoms with van der Waals surface area (Å²) in [5, 5.41) is 13.1. The predicted molar refractivity (Wildman–Crippen MR) is 72.2 cm³/mol. The third-order valence-corrected chi connectivity index (χ3v) is 4.50. The lowest BCUT2D eigenvalue weighted by Gasteiger charge is -2.13. The summed E-state index contributed by atoms with van der Waals surface area (Å²) in [6.45, 7) is 2.07. The number of thioether (sulfide) groups is 1. The van der Waals surface area contributed by atoms with Crippen LogP contribution in [-0.2, 0) is 4.79 Å². The molecule has 0 radical (unpaired) electrons. The van der Waals surface area contributed by atoms with Crippen LogP contribution < -0.4 is 11.3 Å². The molecule has 8 heteroatoms. The number of aromatic nitrogens is 4. The molecule has 1 amide bonds. The Morgan fingerprint density at radius 1 is 1.58 bits per heavy atom. The average molecular weight is 284 g/mol. The van der Waals surface area contributed by atoms with E-state index < -0.39 is 0 Å². The maximum Gasteiger partial charge on any atom is 0.233 e. The highest BCUT2D eigenvalue weighted by Gasteiger charge is 2.22. The van der Waals surface area contributed by atoms with E-state index >= 15 is 0 Å². The summed E-state index contributed by atoms with van der Waals surface area (Å²) in [5.74, 6) is 4.92. The summed E-state index contributed by atoms with van der Waals surface area (Å²) in [4.78, 5) is 11.1. The van der Waals surface area contributed by atoms with E-state index in [4.69, 9.17) is 5.84 Å². The molecule has 1 fully saturated rings. The number of amides is 1. The van der Waals surface area contributed by atoms with Gasteiger partial charge in [0.15, 0.2) is 0 Å². The first-order valence-corrected chi connectivity index (χ1v) is 7.52. The normalized spacial score (nSPS) is 17.6. The van der Waals surface area contributed by atoms with Gasteiger partial charge in [-0.05, 0) is 29.7 Å². The lowest BCUT2D eigenvalue weighted by atomic mass is 10.2. The maximum absolute atomic E-state index is 11.1. The summed E-state index contributed by atoms with van der Waals surface area (Å²) in [6.07, 6.45) is 5.99. The highest BCUT2D eigenvalue weighted by atomic mass is 32.2. The van der Waals surface area contributed by atoms with Crippen molar-refractivity contribution < 1.29 is 4.79 Å². The van der Waals surface area contributed by atoms with E-state index in [2.05, 4.69) is 27.9 Å². The summed E-state index contributed by atoms with van der Waals surface area (Å²) < 4.78 is 1.94. The van der Waals surface area contributed by atoms with Crippen LogP contribution in [0.2, 0.25) is 0 Å². The number of tetrazole rings is 1. The van der Waals surface area contributed by atoms with E-state index in [9.17, 15) is 4.79 Å². The van der Waals surface area contributed by atoms with E-state index in [1.54, 1.807) is 11.8 Å². The van der Waals surface area contributed by atoms with Crippen molar-refractivity contribution in [3.05, 3.63) is 0 Å². The highest BCUT2D eigenvalue weighted by molar-refractivity contribution is 7.99. The molecule has 1 atom stereocenters. The number of rotatable bonds is 6. The van der Waals surface area contributed by atoms with Gasteiger partial charge in [0.25, 0.3) is 0 Å². The van der Waals surface area contributed by atoms with Gasteiger partial charge in [-0.3, -0.25) is 10.2 Å². The molecule has 0 bridgehead atoms. The topological polar surface area (TPSA) is 98.7 Å². The number of hydrazine groups is 1. The molecule has 1 saturated carbocycles. The average Bonchev–Trinajstić information content (AvgIpc) is 3.05. The van der Waals surface area contributed by atoms with Gasteiger partial charge in [-0.1, -0.05) is 31.5 Å². The van der Waals surface area contributed by atoms with Crippen molar-refractivity contribution in [2.24, 2.45) is 5.84 Å². The Kier molecular flexibility index (Phi) is 5.15. The van der Waals surface area contributed by atoms with Crippen molar-refractivity contribution in [1.29, 1.82) is 0 Å². The molecule has 1 heterocycles. The lowest BCUT2D eigenvalue weighted by molar-refractivity contribution is -0.121. The predicted octanol–water partition coefficient (Wildman–Crippen LogP) is 1.04. The second kappa shape index (κ2) is 6.85. The van der Waals surface area contributed by atoms with Crippen molar-refractivity contribution in [3.63, 3.8) is 0 Å². The number of carbonyl (C=O) groups excluding carboxylic acids is 1. The smallest absolute Gasteiger partial charge is 0.233 e. The van der Waals surface area contributed by atoms with Crippen LogP contribution in [0.4, 0.5) is 0 Å². The summed E-state index contributed by atoms with van der Waals surface area (Å²) >= 11 is 1.62. The Morgan fingerprint density at radius 3 is 3.00 bits per heavy atom. The van der Waals surface area contributed by atoms with Gasteiger partial charge in [-0.2, -0.15) is 0 Å². The van der Waals surface area contributed by atoms with Crippen LogP contribution in [0.1, 0.15) is 51.5 Å². The molecule has 19 heavy (non-hydrogen) atoms. The third kappa shape index (κ3) is 3.90. The zero-order chi connectivity index (χ0) is 13.7. The fourth-order valence-electron chi connectivity index (χ4n) is 2.29. The van der Waals surface area contributed by atoms with Crippen LogP contribution in [-0.4, -0.2) is 31.4 Å². The van der Waals surface area contributed by atoms with Gasteiger partial charge in [0.2, 0.25) is 11.1 Å². The summed E-state index contributed by atoms with van der Waals surface area (Å²) in [7, 11) is 0. The van der Waals surface area contributed by atoms with E-state index in [0.717, 1.165) is 24.4 Å². The van der Waals surface area contributed by atoms with Gasteiger partial charge in [0.05, 0.1) is 6.04 Å². The first kappa shape index (κ1) is 14.3. The molecule has 0 aliphatic heterocycles. The van der Waals surface area contributed by atoms with Crippen LogP contribution in [0.3, 0.4) is 0 Å². The first-order chi connectivity index (χ1) is 9.20. The minimum atomic E-state index is -0.136. The van der Waals surface area contributed by atoms with Crippen molar-refractivity contribution in [3.8, 4) is 0 Å². The molecule has 1 aliphatic rings. The summed E-state index contributed by atoms with van der Waals surface area (Å²) in [5.41, 5.74) is 2.14. The fraction of sp³-hybridized carbons (Fsp3) is 0.818. The number of nitrogens with zero attached hydrogens (tertiary/aromatic N) is 4. The molecule has 1 aliphatic carbocycles. The van der Waals surface area contributed by atoms with Gasteiger partial charge in [-0.15, -0.1) is 5.10 Å². The Morgan fingerprint density at radius 2 is 2.32 bits per heavy atom. The van der Waals surface area contributed by atoms with Gasteiger partial charge in [-0.25, -0.2) is 10.5 Å². The number of nitrogens with one attached hydrogen (secondary N) is 1. The highest BCUT2D eigenvalue weighted by Crippen LogP contribution is 2.33. The fourth-order valence-corrected chi connectivity index (χ4v) is 3.26. The van der Waals surface area contributed by atoms with Crippen LogP contribution >= 0.6 is 11.8 Å². The monoisotopic (exact) mass is 284 g/mol. The molecule has 1 aromatic heterocycles. The van der Waals surface area contributed by atoms with Crippen LogP contribution in [0.15, 0.2) is 5.16 Å². The second-order valence-corrected chi connectivity index (χ2v) is 6.28. The Bertz CT molecular complexity index is 417. The zero-order valence-electron chi connectivity index (χ0n) is 11.1. The molecule has 3 N–H and O–H groups in total. The van der Waals surface area contributed by atoms with Gasteiger partial charge < -0.3 is 0 Å². The van der Waals surface area contributed by atoms with Crippen molar-refractivity contribution >= 4 is 17.7 Å². The van der Waals surface area contributed by atoms with E-state index in [-0.39, 0.29) is 11.2 Å². The molecule has 106 valence electrons. The number of hydrogen-bond donors (Lipinski definition) is 2. The number of carbonyl (C=O) groups is 1. The third-order valence-electron chi connectivity index (χ3n) is 3.38. The SMILES string of the molecule is CC(CCC(=O)NN)Sc1nnnn1C1CCCC1. The molecule has 1 unspecified atom stereocenters.